The predicted octanol–water partition coefficient (Wildman–Crippen LogP) is 4.11. The minimum absolute atomic E-state index is 0.00369. The maximum Gasteiger partial charge on any atom is 0.164 e. The number of carbonyl (C=O) groups excluding carboxylic acids is 2. The molecule has 2 saturated carbocycles. The van der Waals surface area contributed by atoms with E-state index in [9.17, 15) is 9.59 Å². The minimum Gasteiger partial charge on any atom is -0.377 e. The Hall–Kier alpha value is -0.260. The Morgan fingerprint density at radius 1 is 1.20 bits per heavy atom. The van der Waals surface area contributed by atoms with E-state index in [0.29, 0.717) is 16.8 Å². The molecule has 0 N–H and O–H groups in total. The fraction of sp³-hybridized carbons (Fsp3) is 0.800. The lowest BCUT2D eigenvalue weighted by Crippen LogP contribution is -2.62. The van der Waals surface area contributed by atoms with Crippen LogP contribution in [0.4, 0.5) is 0 Å². The number of fused-ring (bicyclic) bond motifs is 3. The summed E-state index contributed by atoms with van der Waals surface area (Å²) in [4.78, 5) is 26.9. The number of ketones is 2. The number of thioether (sulfide) groups is 2. The smallest absolute Gasteiger partial charge is 0.164 e. The number of allylic oxidation sites excluding steroid dienone is 1. The van der Waals surface area contributed by atoms with Gasteiger partial charge in [0.25, 0.3) is 0 Å². The van der Waals surface area contributed by atoms with Crippen molar-refractivity contribution >= 4 is 35.1 Å². The molecule has 3 aliphatic carbocycles. The van der Waals surface area contributed by atoms with E-state index in [1.807, 2.05) is 36.5 Å². The molecule has 1 saturated heterocycles. The molecule has 0 aromatic heterocycles. The van der Waals surface area contributed by atoms with Crippen LogP contribution in [0.25, 0.3) is 0 Å². The van der Waals surface area contributed by atoms with Gasteiger partial charge in [0.2, 0.25) is 0 Å². The first-order valence-electron chi connectivity index (χ1n) is 9.48. The third-order valence-corrected chi connectivity index (χ3v) is 10.6. The molecule has 0 unspecified atom stereocenters. The van der Waals surface area contributed by atoms with Gasteiger partial charge < -0.3 is 4.74 Å². The molecule has 5 heteroatoms. The van der Waals surface area contributed by atoms with Crippen LogP contribution in [0.15, 0.2) is 11.6 Å². The van der Waals surface area contributed by atoms with Gasteiger partial charge in [-0.25, -0.2) is 0 Å². The Bertz CT molecular complexity index is 624. The van der Waals surface area contributed by atoms with Gasteiger partial charge in [0, 0.05) is 24.9 Å². The summed E-state index contributed by atoms with van der Waals surface area (Å²) in [6, 6.07) is 0. The molecular weight excluding hydrogens is 352 g/mol. The van der Waals surface area contributed by atoms with E-state index in [4.69, 9.17) is 4.74 Å². The van der Waals surface area contributed by atoms with E-state index in [2.05, 4.69) is 6.92 Å². The van der Waals surface area contributed by atoms with Gasteiger partial charge in [-0.2, -0.15) is 0 Å². The first-order valence-corrected chi connectivity index (χ1v) is 11.6. The van der Waals surface area contributed by atoms with Crippen molar-refractivity contribution in [2.24, 2.45) is 22.7 Å². The topological polar surface area (TPSA) is 43.4 Å². The lowest BCUT2D eigenvalue weighted by molar-refractivity contribution is -0.160. The molecule has 25 heavy (non-hydrogen) atoms. The molecule has 4 aliphatic rings. The van der Waals surface area contributed by atoms with Gasteiger partial charge in [-0.05, 0) is 55.3 Å². The molecular formula is C20H28O3S2. The van der Waals surface area contributed by atoms with Crippen LogP contribution < -0.4 is 0 Å². The number of ether oxygens (including phenoxy) is 1. The van der Waals surface area contributed by atoms with Gasteiger partial charge in [0.1, 0.15) is 5.78 Å². The summed E-state index contributed by atoms with van der Waals surface area (Å²) in [5, 5.41) is 0. The maximum absolute atomic E-state index is 13.5. The van der Waals surface area contributed by atoms with E-state index >= 15 is 0 Å². The lowest BCUT2D eigenvalue weighted by Gasteiger charge is -2.57. The van der Waals surface area contributed by atoms with Crippen molar-refractivity contribution in [1.82, 2.24) is 0 Å². The molecule has 0 amide bonds. The molecule has 0 aromatic carbocycles. The van der Waals surface area contributed by atoms with Gasteiger partial charge in [0.15, 0.2) is 5.78 Å². The van der Waals surface area contributed by atoms with Crippen molar-refractivity contribution in [2.45, 2.75) is 56.6 Å². The van der Waals surface area contributed by atoms with Crippen LogP contribution in [0.5, 0.6) is 0 Å². The molecule has 0 aromatic rings. The first kappa shape index (κ1) is 18.1. The Balaban J connectivity index is 1.81. The fourth-order valence-electron chi connectivity index (χ4n) is 6.14. The van der Waals surface area contributed by atoms with Crippen LogP contribution in [-0.4, -0.2) is 40.9 Å². The summed E-state index contributed by atoms with van der Waals surface area (Å²) in [5.74, 6) is 3.13. The standard InChI is InChI=1S/C20H28O3S2/c1-12-10-14(23-3)13-11-16(21)20(18-24-8-5-9-25-18)7-4-6-15(20)19(13,2)17(12)22/h10,13-15,18H,4-9,11H2,1-3H3/t13-,14+,15+,19+,20-/m1/s1. The van der Waals surface area contributed by atoms with Crippen molar-refractivity contribution in [3.63, 3.8) is 0 Å². The molecule has 4 rings (SSSR count). The number of rotatable bonds is 2. The molecule has 1 heterocycles. The molecule has 1 aliphatic heterocycles. The van der Waals surface area contributed by atoms with Crippen molar-refractivity contribution in [3.05, 3.63) is 11.6 Å². The summed E-state index contributed by atoms with van der Waals surface area (Å²) in [6.45, 7) is 4.07. The highest BCUT2D eigenvalue weighted by Crippen LogP contribution is 2.67. The van der Waals surface area contributed by atoms with Crippen LogP contribution in [0.2, 0.25) is 0 Å². The monoisotopic (exact) mass is 380 g/mol. The van der Waals surface area contributed by atoms with Gasteiger partial charge in [-0.15, -0.1) is 23.5 Å². The van der Waals surface area contributed by atoms with E-state index in [0.717, 1.165) is 36.3 Å². The zero-order valence-electron chi connectivity index (χ0n) is 15.4. The Kier molecular flexibility index (Phi) is 4.65. The largest absolute Gasteiger partial charge is 0.377 e. The Morgan fingerprint density at radius 2 is 1.92 bits per heavy atom. The number of methoxy groups -OCH3 is 1. The second-order valence-electron chi connectivity index (χ2n) is 8.31. The van der Waals surface area contributed by atoms with Gasteiger partial charge >= 0.3 is 0 Å². The quantitative estimate of drug-likeness (QED) is 0.721. The molecule has 3 fully saturated rings. The van der Waals surface area contributed by atoms with Crippen molar-refractivity contribution in [2.75, 3.05) is 18.6 Å². The number of carbonyl (C=O) groups is 2. The van der Waals surface area contributed by atoms with Gasteiger partial charge in [-0.3, -0.25) is 9.59 Å². The highest BCUT2D eigenvalue weighted by atomic mass is 32.2. The summed E-state index contributed by atoms with van der Waals surface area (Å²) in [5.41, 5.74) is 0.0689. The lowest BCUT2D eigenvalue weighted by atomic mass is 9.48. The third kappa shape index (κ3) is 2.37. The molecule has 0 bridgehead atoms. The second-order valence-corrected chi connectivity index (χ2v) is 11.0. The predicted molar refractivity (Wildman–Crippen MR) is 104 cm³/mol. The van der Waals surface area contributed by atoms with Crippen LogP contribution in [-0.2, 0) is 14.3 Å². The van der Waals surface area contributed by atoms with Crippen molar-refractivity contribution in [1.29, 1.82) is 0 Å². The molecule has 138 valence electrons. The van der Waals surface area contributed by atoms with Crippen molar-refractivity contribution < 1.29 is 14.3 Å². The third-order valence-electron chi connectivity index (χ3n) is 7.30. The number of hydrogen-bond acceptors (Lipinski definition) is 5. The fourth-order valence-corrected chi connectivity index (χ4v) is 9.75. The molecule has 5 atom stereocenters. The number of hydrogen-bond donors (Lipinski definition) is 0. The highest BCUT2D eigenvalue weighted by molar-refractivity contribution is 8.17. The van der Waals surface area contributed by atoms with Crippen LogP contribution in [0.1, 0.15) is 46.0 Å². The van der Waals surface area contributed by atoms with Crippen LogP contribution in [0.3, 0.4) is 0 Å². The maximum atomic E-state index is 13.5. The summed E-state index contributed by atoms with van der Waals surface area (Å²) < 4.78 is 6.06. The first-order chi connectivity index (χ1) is 12.0. The average Bonchev–Trinajstić information content (AvgIpc) is 3.09. The number of Topliss-reactive ketones (excluding diaryl/α,β-unsaturated/α-hetero) is 2. The Labute approximate surface area is 159 Å². The van der Waals surface area contributed by atoms with E-state index < -0.39 is 5.41 Å². The van der Waals surface area contributed by atoms with E-state index in [1.54, 1.807) is 7.11 Å². The minimum atomic E-state index is -0.456. The van der Waals surface area contributed by atoms with Gasteiger partial charge in [-0.1, -0.05) is 13.3 Å². The molecule has 0 spiro atoms. The second kappa shape index (κ2) is 6.42. The summed E-state index contributed by atoms with van der Waals surface area (Å²) in [7, 11) is 1.71. The van der Waals surface area contributed by atoms with E-state index in [-0.39, 0.29) is 29.1 Å². The average molecular weight is 381 g/mol. The SMILES string of the molecule is CO[C@H]1C=C(C)C(=O)[C@@]2(C)[C@@H]1CC(=O)[C@@]1(C3SCCCS3)CCC[C@@H]21. The van der Waals surface area contributed by atoms with Crippen LogP contribution in [0, 0.1) is 22.7 Å². The molecule has 0 radical (unpaired) electrons. The molecule has 3 nitrogen and oxygen atoms in total. The van der Waals surface area contributed by atoms with E-state index in [1.165, 1.54) is 6.42 Å². The summed E-state index contributed by atoms with van der Waals surface area (Å²) >= 11 is 3.94. The van der Waals surface area contributed by atoms with Gasteiger partial charge in [0.05, 0.1) is 16.1 Å². The zero-order valence-corrected chi connectivity index (χ0v) is 17.0. The highest BCUT2D eigenvalue weighted by Gasteiger charge is 2.68. The van der Waals surface area contributed by atoms with Crippen LogP contribution >= 0.6 is 23.5 Å². The summed E-state index contributed by atoms with van der Waals surface area (Å²) in [6.07, 6.45) is 6.62. The normalized spacial score (nSPS) is 45.1. The Morgan fingerprint density at radius 3 is 2.60 bits per heavy atom. The zero-order chi connectivity index (χ0) is 17.8. The van der Waals surface area contributed by atoms with Crippen molar-refractivity contribution in [3.8, 4) is 0 Å².